The molecule has 0 aromatic heterocycles. The maximum absolute atomic E-state index is 12.1. The van der Waals surface area contributed by atoms with Gasteiger partial charge in [-0.15, -0.1) is 0 Å². The maximum Gasteiger partial charge on any atom is 0.240 e. The van der Waals surface area contributed by atoms with Crippen molar-refractivity contribution in [3.63, 3.8) is 0 Å². The number of rotatable bonds is 8. The second kappa shape index (κ2) is 7.35. The van der Waals surface area contributed by atoms with Gasteiger partial charge in [-0.2, -0.15) is 0 Å². The van der Waals surface area contributed by atoms with Gasteiger partial charge in [-0.05, 0) is 37.2 Å². The van der Waals surface area contributed by atoms with E-state index < -0.39 is 20.0 Å². The molecule has 0 radical (unpaired) electrons. The molecule has 6 nitrogen and oxygen atoms in total. The number of hydrogen-bond acceptors (Lipinski definition) is 4. The highest BCUT2D eigenvalue weighted by Crippen LogP contribution is 2.15. The summed E-state index contributed by atoms with van der Waals surface area (Å²) in [6, 6.07) is 5.13. The van der Waals surface area contributed by atoms with Crippen molar-refractivity contribution in [1.29, 1.82) is 0 Å². The lowest BCUT2D eigenvalue weighted by Gasteiger charge is -2.13. The summed E-state index contributed by atoms with van der Waals surface area (Å²) in [6.07, 6.45) is 1.80. The van der Waals surface area contributed by atoms with Crippen LogP contribution in [0.15, 0.2) is 34.1 Å². The molecule has 0 unspecified atom stereocenters. The average Bonchev–Trinajstić information content (AvgIpc) is 2.48. The molecule has 0 aliphatic rings. The molecule has 120 valence electrons. The van der Waals surface area contributed by atoms with Crippen LogP contribution in [0.2, 0.25) is 0 Å². The van der Waals surface area contributed by atoms with Crippen molar-refractivity contribution in [3.05, 3.63) is 24.3 Å². The van der Waals surface area contributed by atoms with Crippen molar-refractivity contribution in [1.82, 2.24) is 9.44 Å². The Morgan fingerprint density at radius 3 is 1.71 bits per heavy atom. The van der Waals surface area contributed by atoms with Gasteiger partial charge in [0.1, 0.15) is 0 Å². The Labute approximate surface area is 127 Å². The van der Waals surface area contributed by atoms with Crippen molar-refractivity contribution in [2.45, 2.75) is 36.5 Å². The van der Waals surface area contributed by atoms with Crippen molar-refractivity contribution in [2.24, 2.45) is 5.92 Å². The molecule has 0 saturated heterocycles. The second-order valence-corrected chi connectivity index (χ2v) is 8.37. The Kier molecular flexibility index (Phi) is 6.33. The van der Waals surface area contributed by atoms with Gasteiger partial charge in [-0.3, -0.25) is 0 Å². The van der Waals surface area contributed by atoms with Gasteiger partial charge in [0.15, 0.2) is 0 Å². The number of hydrogen-bond donors (Lipinski definition) is 2. The number of nitrogens with one attached hydrogen (secondary N) is 2. The monoisotopic (exact) mass is 334 g/mol. The number of sulfonamides is 2. The number of benzene rings is 1. The third-order valence-electron chi connectivity index (χ3n) is 3.43. The molecular formula is C13H22N2O4S2. The molecular weight excluding hydrogens is 312 g/mol. The molecule has 1 aromatic rings. The lowest BCUT2D eigenvalue weighted by atomic mass is 10.0. The summed E-state index contributed by atoms with van der Waals surface area (Å²) in [5, 5.41) is 0. The molecule has 2 N–H and O–H groups in total. The molecule has 0 saturated carbocycles. The predicted molar refractivity (Wildman–Crippen MR) is 81.9 cm³/mol. The van der Waals surface area contributed by atoms with E-state index in [-0.39, 0.29) is 9.79 Å². The maximum atomic E-state index is 12.1. The van der Waals surface area contributed by atoms with Gasteiger partial charge < -0.3 is 0 Å². The third-order valence-corrected chi connectivity index (χ3v) is 6.30. The first-order valence-electron chi connectivity index (χ1n) is 6.80. The molecule has 0 spiro atoms. The zero-order chi connectivity index (χ0) is 16.1. The molecule has 1 aromatic carbocycles. The molecule has 0 amide bonds. The average molecular weight is 334 g/mol. The summed E-state index contributed by atoms with van der Waals surface area (Å²) in [7, 11) is -5.87. The predicted octanol–water partition coefficient (Wildman–Crippen LogP) is 1.31. The van der Waals surface area contributed by atoms with Gasteiger partial charge in [0.05, 0.1) is 9.79 Å². The highest BCUT2D eigenvalue weighted by molar-refractivity contribution is 7.90. The van der Waals surface area contributed by atoms with E-state index in [1.807, 2.05) is 13.8 Å². The van der Waals surface area contributed by atoms with Gasteiger partial charge in [0, 0.05) is 6.54 Å². The van der Waals surface area contributed by atoms with Crippen LogP contribution in [0.4, 0.5) is 0 Å². The first kappa shape index (κ1) is 18.1. The smallest absolute Gasteiger partial charge is 0.214 e. The standard InChI is InChI=1S/C13H22N2O4S2/c1-4-11(5-2)10-15-21(18,19)13-8-6-12(7-9-13)20(16,17)14-3/h6-9,11,14-15H,4-5,10H2,1-3H3. The van der Waals surface area contributed by atoms with Gasteiger partial charge in [0.2, 0.25) is 20.0 Å². The summed E-state index contributed by atoms with van der Waals surface area (Å²) in [5.41, 5.74) is 0. The first-order chi connectivity index (χ1) is 9.76. The Bertz CT molecular complexity index is 648. The van der Waals surface area contributed by atoms with Gasteiger partial charge in [-0.25, -0.2) is 26.3 Å². The SMILES string of the molecule is CCC(CC)CNS(=O)(=O)c1ccc(S(=O)(=O)NC)cc1. The van der Waals surface area contributed by atoms with Crippen molar-refractivity contribution < 1.29 is 16.8 Å². The topological polar surface area (TPSA) is 92.3 Å². The van der Waals surface area contributed by atoms with Gasteiger partial charge >= 0.3 is 0 Å². The molecule has 21 heavy (non-hydrogen) atoms. The van der Waals surface area contributed by atoms with E-state index in [0.717, 1.165) is 12.8 Å². The third kappa shape index (κ3) is 4.77. The molecule has 0 fully saturated rings. The van der Waals surface area contributed by atoms with E-state index in [1.165, 1.54) is 31.3 Å². The van der Waals surface area contributed by atoms with Crippen molar-refractivity contribution in [2.75, 3.05) is 13.6 Å². The Morgan fingerprint density at radius 2 is 1.33 bits per heavy atom. The minimum Gasteiger partial charge on any atom is -0.214 e. The first-order valence-corrected chi connectivity index (χ1v) is 9.76. The zero-order valence-corrected chi connectivity index (χ0v) is 14.1. The Morgan fingerprint density at radius 1 is 0.905 bits per heavy atom. The van der Waals surface area contributed by atoms with Crippen LogP contribution in [0.5, 0.6) is 0 Å². The van der Waals surface area contributed by atoms with Crippen LogP contribution in [0.3, 0.4) is 0 Å². The fourth-order valence-corrected chi connectivity index (χ4v) is 3.65. The van der Waals surface area contributed by atoms with E-state index in [9.17, 15) is 16.8 Å². The highest BCUT2D eigenvalue weighted by atomic mass is 32.2. The Balaban J connectivity index is 2.90. The summed E-state index contributed by atoms with van der Waals surface area (Å²) < 4.78 is 52.1. The summed E-state index contributed by atoms with van der Waals surface area (Å²) in [4.78, 5) is 0.0902. The van der Waals surface area contributed by atoms with Crippen molar-refractivity contribution in [3.8, 4) is 0 Å². The van der Waals surface area contributed by atoms with E-state index in [0.29, 0.717) is 12.5 Å². The molecule has 0 aliphatic carbocycles. The van der Waals surface area contributed by atoms with Crippen LogP contribution in [-0.4, -0.2) is 30.4 Å². The van der Waals surface area contributed by atoms with Crippen LogP contribution >= 0.6 is 0 Å². The van der Waals surface area contributed by atoms with Crippen LogP contribution in [0, 0.1) is 5.92 Å². The summed E-state index contributed by atoms with van der Waals surface area (Å²) >= 11 is 0. The minimum atomic E-state index is -3.61. The lowest BCUT2D eigenvalue weighted by molar-refractivity contribution is 0.479. The molecule has 0 heterocycles. The fraction of sp³-hybridized carbons (Fsp3) is 0.538. The zero-order valence-electron chi connectivity index (χ0n) is 12.5. The molecule has 8 heteroatoms. The molecule has 0 atom stereocenters. The normalized spacial score (nSPS) is 12.8. The van der Waals surface area contributed by atoms with Gasteiger partial charge in [0.25, 0.3) is 0 Å². The minimum absolute atomic E-state index is 0.0314. The van der Waals surface area contributed by atoms with Gasteiger partial charge in [-0.1, -0.05) is 26.7 Å². The molecule has 0 bridgehead atoms. The van der Waals surface area contributed by atoms with Crippen molar-refractivity contribution >= 4 is 20.0 Å². The van der Waals surface area contributed by atoms with E-state index >= 15 is 0 Å². The van der Waals surface area contributed by atoms with Crippen LogP contribution < -0.4 is 9.44 Å². The van der Waals surface area contributed by atoms with E-state index in [2.05, 4.69) is 9.44 Å². The molecule has 0 aliphatic heterocycles. The molecule has 1 rings (SSSR count). The quantitative estimate of drug-likeness (QED) is 0.750. The largest absolute Gasteiger partial charge is 0.240 e. The Hall–Kier alpha value is -0.960. The van der Waals surface area contributed by atoms with E-state index in [4.69, 9.17) is 0 Å². The summed E-state index contributed by atoms with van der Waals surface area (Å²) in [5.74, 6) is 0.295. The lowest BCUT2D eigenvalue weighted by Crippen LogP contribution is -2.29. The van der Waals surface area contributed by atoms with Crippen LogP contribution in [-0.2, 0) is 20.0 Å². The second-order valence-electron chi connectivity index (χ2n) is 4.71. The summed E-state index contributed by atoms with van der Waals surface area (Å²) in [6.45, 7) is 4.41. The highest BCUT2D eigenvalue weighted by Gasteiger charge is 2.17. The fourth-order valence-electron chi connectivity index (χ4n) is 1.80. The van der Waals surface area contributed by atoms with E-state index in [1.54, 1.807) is 0 Å². The van der Waals surface area contributed by atoms with Crippen LogP contribution in [0.1, 0.15) is 26.7 Å². The van der Waals surface area contributed by atoms with Crippen LogP contribution in [0.25, 0.3) is 0 Å².